The number of benzene rings is 1. The van der Waals surface area contributed by atoms with Gasteiger partial charge in [0.05, 0.1) is 11.0 Å². The molecule has 2 saturated heterocycles. The van der Waals surface area contributed by atoms with Gasteiger partial charge in [0.2, 0.25) is 5.91 Å². The normalized spacial score (nSPS) is 24.7. The van der Waals surface area contributed by atoms with E-state index in [-0.39, 0.29) is 5.91 Å². The van der Waals surface area contributed by atoms with Gasteiger partial charge in [0.15, 0.2) is 0 Å². The molecule has 3 heterocycles. The van der Waals surface area contributed by atoms with Gasteiger partial charge >= 0.3 is 0 Å². The zero-order chi connectivity index (χ0) is 15.8. The first-order valence-electron chi connectivity index (χ1n) is 8.67. The first-order chi connectivity index (χ1) is 11.2. The van der Waals surface area contributed by atoms with Gasteiger partial charge in [0, 0.05) is 18.6 Å². The molecule has 0 saturated carbocycles. The Morgan fingerprint density at radius 3 is 3.04 bits per heavy atom. The van der Waals surface area contributed by atoms with Crippen LogP contribution in [0.5, 0.6) is 0 Å². The fourth-order valence-corrected chi connectivity index (χ4v) is 4.21. The second kappa shape index (κ2) is 5.96. The van der Waals surface area contributed by atoms with Gasteiger partial charge in [-0.3, -0.25) is 9.69 Å². The van der Waals surface area contributed by atoms with Crippen LogP contribution in [0, 0.1) is 6.92 Å². The molecule has 1 amide bonds. The van der Waals surface area contributed by atoms with E-state index in [2.05, 4.69) is 15.2 Å². The summed E-state index contributed by atoms with van der Waals surface area (Å²) in [4.78, 5) is 19.6. The van der Waals surface area contributed by atoms with Crippen molar-refractivity contribution in [2.45, 2.75) is 51.2 Å². The molecule has 4 rings (SSSR count). The second-order valence-corrected chi connectivity index (χ2v) is 6.80. The number of para-hydroxylation sites is 2. The van der Waals surface area contributed by atoms with Crippen molar-refractivity contribution in [1.82, 2.24) is 19.8 Å². The van der Waals surface area contributed by atoms with Gasteiger partial charge in [-0.2, -0.15) is 0 Å². The molecule has 2 aliphatic rings. The van der Waals surface area contributed by atoms with E-state index in [0.717, 1.165) is 29.8 Å². The third-order valence-electron chi connectivity index (χ3n) is 5.35. The van der Waals surface area contributed by atoms with Crippen molar-refractivity contribution < 1.29 is 4.79 Å². The monoisotopic (exact) mass is 312 g/mol. The minimum Gasteiger partial charge on any atom is -0.350 e. The molecular weight excluding hydrogens is 288 g/mol. The molecule has 23 heavy (non-hydrogen) atoms. The van der Waals surface area contributed by atoms with E-state index >= 15 is 0 Å². The van der Waals surface area contributed by atoms with Crippen LogP contribution in [0.2, 0.25) is 0 Å². The topological polar surface area (TPSA) is 50.2 Å². The van der Waals surface area contributed by atoms with Crippen LogP contribution in [0.4, 0.5) is 0 Å². The Bertz CT molecular complexity index is 723. The Balaban J connectivity index is 1.46. The fraction of sp³-hybridized carbons (Fsp3) is 0.556. The SMILES string of the molecule is Cc1nc2ccccc2n1CC(=O)N[C@H]1CCN2CCCC[C@@H]12. The largest absolute Gasteiger partial charge is 0.350 e. The highest BCUT2D eigenvalue weighted by Gasteiger charge is 2.36. The molecule has 2 aromatic rings. The molecule has 2 fully saturated rings. The number of aromatic nitrogens is 2. The molecule has 0 radical (unpaired) electrons. The van der Waals surface area contributed by atoms with Crippen molar-refractivity contribution in [3.63, 3.8) is 0 Å². The van der Waals surface area contributed by atoms with E-state index in [1.54, 1.807) is 0 Å². The predicted octanol–water partition coefficient (Wildman–Crippen LogP) is 2.09. The number of hydrogen-bond donors (Lipinski definition) is 1. The van der Waals surface area contributed by atoms with Crippen LogP contribution in [0.1, 0.15) is 31.5 Å². The highest BCUT2D eigenvalue weighted by molar-refractivity contribution is 5.81. The number of nitrogens with one attached hydrogen (secondary N) is 1. The lowest BCUT2D eigenvalue weighted by atomic mass is 9.99. The standard InChI is InChI=1S/C18H24N4O/c1-13-19-14-6-2-3-8-17(14)22(13)12-18(23)20-15-9-11-21-10-5-4-7-16(15)21/h2-3,6,8,15-16H,4-5,7,9-12H2,1H3,(H,20,23)/t15-,16-/m0/s1. The number of hydrogen-bond acceptors (Lipinski definition) is 3. The minimum absolute atomic E-state index is 0.105. The fourth-order valence-electron chi connectivity index (χ4n) is 4.21. The zero-order valence-corrected chi connectivity index (χ0v) is 13.7. The number of carbonyl (C=O) groups is 1. The van der Waals surface area contributed by atoms with Crippen LogP contribution in [-0.4, -0.2) is 45.5 Å². The van der Waals surface area contributed by atoms with Crippen molar-refractivity contribution in [3.05, 3.63) is 30.1 Å². The van der Waals surface area contributed by atoms with Gasteiger partial charge in [-0.15, -0.1) is 0 Å². The molecule has 1 aromatic heterocycles. The Labute approximate surface area is 136 Å². The van der Waals surface area contributed by atoms with Crippen molar-refractivity contribution in [2.75, 3.05) is 13.1 Å². The molecule has 5 heteroatoms. The van der Waals surface area contributed by atoms with Crippen LogP contribution in [-0.2, 0) is 11.3 Å². The van der Waals surface area contributed by atoms with E-state index in [1.165, 1.54) is 25.8 Å². The average Bonchev–Trinajstić information content (AvgIpc) is 3.10. The molecule has 0 aliphatic carbocycles. The van der Waals surface area contributed by atoms with E-state index in [4.69, 9.17) is 0 Å². The molecule has 1 N–H and O–H groups in total. The molecule has 5 nitrogen and oxygen atoms in total. The summed E-state index contributed by atoms with van der Waals surface area (Å²) < 4.78 is 2.01. The van der Waals surface area contributed by atoms with Crippen LogP contribution < -0.4 is 5.32 Å². The number of imidazole rings is 1. The summed E-state index contributed by atoms with van der Waals surface area (Å²) in [7, 11) is 0. The summed E-state index contributed by atoms with van der Waals surface area (Å²) in [6, 6.07) is 8.87. The van der Waals surface area contributed by atoms with Crippen molar-refractivity contribution in [2.24, 2.45) is 0 Å². The number of nitrogens with zero attached hydrogens (tertiary/aromatic N) is 3. The Morgan fingerprint density at radius 2 is 2.13 bits per heavy atom. The van der Waals surface area contributed by atoms with Gasteiger partial charge in [-0.25, -0.2) is 4.98 Å². The summed E-state index contributed by atoms with van der Waals surface area (Å²) in [5.74, 6) is 1.00. The lowest BCUT2D eigenvalue weighted by molar-refractivity contribution is -0.122. The average molecular weight is 312 g/mol. The van der Waals surface area contributed by atoms with E-state index in [1.807, 2.05) is 35.8 Å². The highest BCUT2D eigenvalue weighted by Crippen LogP contribution is 2.27. The van der Waals surface area contributed by atoms with Gasteiger partial charge < -0.3 is 9.88 Å². The molecule has 122 valence electrons. The lowest BCUT2D eigenvalue weighted by Gasteiger charge is -2.32. The summed E-state index contributed by atoms with van der Waals surface area (Å²) >= 11 is 0. The van der Waals surface area contributed by atoms with Gasteiger partial charge in [0.1, 0.15) is 12.4 Å². The Kier molecular flexibility index (Phi) is 3.81. The molecule has 2 aliphatic heterocycles. The smallest absolute Gasteiger partial charge is 0.240 e. The van der Waals surface area contributed by atoms with Crippen molar-refractivity contribution >= 4 is 16.9 Å². The number of amides is 1. The van der Waals surface area contributed by atoms with Gasteiger partial charge in [-0.05, 0) is 44.9 Å². The number of aryl methyl sites for hydroxylation is 1. The first kappa shape index (κ1) is 14.7. The number of piperidine rings is 1. The van der Waals surface area contributed by atoms with Crippen LogP contribution >= 0.6 is 0 Å². The molecule has 0 spiro atoms. The molecule has 0 bridgehead atoms. The van der Waals surface area contributed by atoms with Crippen molar-refractivity contribution in [3.8, 4) is 0 Å². The maximum absolute atomic E-state index is 12.6. The zero-order valence-electron chi connectivity index (χ0n) is 13.7. The second-order valence-electron chi connectivity index (χ2n) is 6.80. The third-order valence-corrected chi connectivity index (χ3v) is 5.35. The number of fused-ring (bicyclic) bond motifs is 2. The number of rotatable bonds is 3. The predicted molar refractivity (Wildman–Crippen MR) is 90.2 cm³/mol. The summed E-state index contributed by atoms with van der Waals surface area (Å²) in [5.41, 5.74) is 1.99. The summed E-state index contributed by atoms with van der Waals surface area (Å²) in [6.45, 7) is 4.65. The van der Waals surface area contributed by atoms with E-state index in [0.29, 0.717) is 18.6 Å². The Hall–Kier alpha value is -1.88. The maximum Gasteiger partial charge on any atom is 0.240 e. The van der Waals surface area contributed by atoms with E-state index in [9.17, 15) is 4.79 Å². The Morgan fingerprint density at radius 1 is 1.26 bits per heavy atom. The van der Waals surface area contributed by atoms with Gasteiger partial charge in [0.25, 0.3) is 0 Å². The van der Waals surface area contributed by atoms with E-state index < -0.39 is 0 Å². The highest BCUT2D eigenvalue weighted by atomic mass is 16.2. The quantitative estimate of drug-likeness (QED) is 0.944. The van der Waals surface area contributed by atoms with Gasteiger partial charge in [-0.1, -0.05) is 18.6 Å². The van der Waals surface area contributed by atoms with Crippen molar-refractivity contribution in [1.29, 1.82) is 0 Å². The number of carbonyl (C=O) groups excluding carboxylic acids is 1. The minimum atomic E-state index is 0.105. The summed E-state index contributed by atoms with van der Waals surface area (Å²) in [5, 5.41) is 3.28. The van der Waals surface area contributed by atoms with Crippen LogP contribution in [0.3, 0.4) is 0 Å². The summed E-state index contributed by atoms with van der Waals surface area (Å²) in [6.07, 6.45) is 4.90. The first-order valence-corrected chi connectivity index (χ1v) is 8.67. The lowest BCUT2D eigenvalue weighted by Crippen LogP contribution is -2.47. The molecular formula is C18H24N4O. The molecule has 0 unspecified atom stereocenters. The maximum atomic E-state index is 12.6. The van der Waals surface area contributed by atoms with Crippen LogP contribution in [0.15, 0.2) is 24.3 Å². The third kappa shape index (κ3) is 2.74. The molecule has 1 aromatic carbocycles. The van der Waals surface area contributed by atoms with Crippen LogP contribution in [0.25, 0.3) is 11.0 Å². The molecule has 2 atom stereocenters.